The molecule has 0 saturated carbocycles. The van der Waals surface area contributed by atoms with E-state index in [1.165, 1.54) is 71.3 Å². The second kappa shape index (κ2) is 56.2. The van der Waals surface area contributed by atoms with Gasteiger partial charge in [-0.15, -0.1) is 0 Å². The molecule has 0 aromatic rings. The van der Waals surface area contributed by atoms with E-state index in [-0.39, 0.29) is 83.8 Å². The molecule has 6 atom stereocenters. The average molecular weight is 1350 g/mol. The van der Waals surface area contributed by atoms with Crippen LogP contribution in [0, 0.1) is 0 Å². The van der Waals surface area contributed by atoms with Crippen molar-refractivity contribution in [1.82, 2.24) is 58.1 Å². The van der Waals surface area contributed by atoms with Gasteiger partial charge in [0.1, 0.15) is 49.5 Å². The highest BCUT2D eigenvalue weighted by Gasteiger charge is 2.34. The third kappa shape index (κ3) is 47.6. The lowest BCUT2D eigenvalue weighted by molar-refractivity contribution is -0.137. The third-order valence-corrected chi connectivity index (χ3v) is 14.2. The summed E-state index contributed by atoms with van der Waals surface area (Å²) < 4.78 is 21.4. The normalized spacial score (nSPS) is 13.0. The Morgan fingerprint density at radius 3 is 1.09 bits per heavy atom. The Kier molecular flexibility index (Phi) is 51.9. The van der Waals surface area contributed by atoms with Crippen molar-refractivity contribution in [2.75, 3.05) is 120 Å². The number of carbonyl (C=O) groups is 13. The van der Waals surface area contributed by atoms with Gasteiger partial charge in [0, 0.05) is 45.8 Å². The molecule has 0 rings (SSSR count). The van der Waals surface area contributed by atoms with Gasteiger partial charge in [0.25, 0.3) is 0 Å². The number of unbranched alkanes of at least 4 members (excludes halogenated alkanes) is 15. The number of aliphatic hydroxyl groups excluding tert-OH is 3. The van der Waals surface area contributed by atoms with E-state index in [2.05, 4.69) is 53.2 Å². The molecule has 0 radical (unpaired) electrons. The van der Waals surface area contributed by atoms with Crippen molar-refractivity contribution >= 4 is 76.9 Å². The quantitative estimate of drug-likeness (QED) is 0.0256. The van der Waals surface area contributed by atoms with Gasteiger partial charge in [0.05, 0.1) is 66.0 Å². The smallest absolute Gasteiger partial charge is 0.303 e. The molecule has 0 aliphatic heterocycles. The van der Waals surface area contributed by atoms with E-state index >= 15 is 0 Å². The minimum Gasteiger partial charge on any atom is -0.481 e. The molecule has 0 heterocycles. The predicted molar refractivity (Wildman–Crippen MR) is 340 cm³/mol. The molecule has 0 aliphatic carbocycles. The van der Waals surface area contributed by atoms with Crippen LogP contribution in [0.5, 0.6) is 0 Å². The fraction of sp³-hybridized carbons (Fsp3) is 0.783. The molecule has 0 bridgehead atoms. The molecule has 0 fully saturated rings. The maximum atomic E-state index is 13.7. The number of primary amides is 2. The Morgan fingerprint density at radius 1 is 0.372 bits per heavy atom. The van der Waals surface area contributed by atoms with E-state index in [1.54, 1.807) is 19.0 Å². The molecule has 0 unspecified atom stereocenters. The number of hydrogen-bond acceptors (Lipinski definition) is 21. The summed E-state index contributed by atoms with van der Waals surface area (Å²) in [5, 5.41) is 62.1. The van der Waals surface area contributed by atoms with Crippen molar-refractivity contribution in [3.8, 4) is 0 Å². The highest BCUT2D eigenvalue weighted by atomic mass is 16.5. The number of likely N-dealkylation sites (N-methyl/N-ethyl adjacent to an activating group) is 1. The zero-order valence-corrected chi connectivity index (χ0v) is 55.2. The summed E-state index contributed by atoms with van der Waals surface area (Å²) in [6.07, 6.45) is 17.3. The number of nitrogens with one attached hydrogen (secondary N) is 10. The van der Waals surface area contributed by atoms with Crippen LogP contribution in [0.2, 0.25) is 0 Å². The molecule has 34 heteroatoms. The van der Waals surface area contributed by atoms with Crippen LogP contribution in [0.3, 0.4) is 0 Å². The Morgan fingerprint density at radius 2 is 0.702 bits per heavy atom. The van der Waals surface area contributed by atoms with Crippen molar-refractivity contribution in [3.63, 3.8) is 0 Å². The molecule has 0 aliphatic rings. The van der Waals surface area contributed by atoms with Gasteiger partial charge < -0.3 is 109 Å². The van der Waals surface area contributed by atoms with Gasteiger partial charge in [0.15, 0.2) is 0 Å². The Bertz CT molecular complexity index is 2250. The maximum Gasteiger partial charge on any atom is 0.303 e. The Labute approximate surface area is 550 Å². The summed E-state index contributed by atoms with van der Waals surface area (Å²) >= 11 is 0. The first-order valence-electron chi connectivity index (χ1n) is 32.4. The molecule has 0 spiro atoms. The number of hydrogen-bond donors (Lipinski definition) is 16. The second-order valence-corrected chi connectivity index (χ2v) is 22.5. The molecule has 94 heavy (non-hydrogen) atoms. The lowest BCUT2D eigenvalue weighted by atomic mass is 10.0. The van der Waals surface area contributed by atoms with Crippen molar-refractivity contribution in [1.29, 1.82) is 0 Å². The molecule has 540 valence electrons. The summed E-state index contributed by atoms with van der Waals surface area (Å²) in [7, 11) is 4.54. The van der Waals surface area contributed by atoms with Gasteiger partial charge in [-0.1, -0.05) is 89.9 Å². The van der Waals surface area contributed by atoms with Gasteiger partial charge in [-0.05, 0) is 52.7 Å². The first-order chi connectivity index (χ1) is 45.0. The molecular weight excluding hydrogens is 1240 g/mol. The van der Waals surface area contributed by atoms with Gasteiger partial charge in [-0.2, -0.15) is 0 Å². The first-order valence-corrected chi connectivity index (χ1v) is 32.4. The van der Waals surface area contributed by atoms with Crippen LogP contribution in [0.4, 0.5) is 0 Å². The van der Waals surface area contributed by atoms with E-state index in [0.29, 0.717) is 19.6 Å². The largest absolute Gasteiger partial charge is 0.481 e. The van der Waals surface area contributed by atoms with Crippen molar-refractivity contribution in [2.24, 2.45) is 11.5 Å². The van der Waals surface area contributed by atoms with Crippen LogP contribution in [0.25, 0.3) is 0 Å². The van der Waals surface area contributed by atoms with E-state index in [0.717, 1.165) is 38.5 Å². The molecule has 34 nitrogen and oxygen atoms in total. The Hall–Kier alpha value is -7.21. The number of nitrogens with two attached hydrogens (primary N) is 2. The fourth-order valence-electron chi connectivity index (χ4n) is 8.83. The van der Waals surface area contributed by atoms with E-state index in [9.17, 15) is 77.6 Å². The monoisotopic (exact) mass is 1350 g/mol. The molecule has 0 aromatic heterocycles. The molecule has 18 N–H and O–H groups in total. The highest BCUT2D eigenvalue weighted by molar-refractivity contribution is 5.97. The predicted octanol–water partition coefficient (Wildman–Crippen LogP) is -4.38. The third-order valence-electron chi connectivity index (χ3n) is 14.2. The molecule has 0 saturated heterocycles. The van der Waals surface area contributed by atoms with Crippen molar-refractivity contribution < 1.29 is 102 Å². The number of ether oxygens (including phenoxy) is 4. The number of aliphatic hydroxyl groups is 3. The lowest BCUT2D eigenvalue weighted by Crippen LogP contribution is -2.61. The SMILES string of the molecule is CNC(=O)[C@H](CO)NC(=O)[C@H](CCC(N)=O)NC(=O)[C@H](CCN(C)C)NC(=O)[C@H](CO)NC(=O)[C@H](CCC(N)=O)NC(=O)[C@@H](CO)NC(=O)CNC(=O)COCCOCCNC(=O)COCCOCCNC(=O)CCCCCCCCCCCCCCCCCCC(=O)O. The van der Waals surface area contributed by atoms with Gasteiger partial charge >= 0.3 is 5.97 Å². The van der Waals surface area contributed by atoms with Crippen LogP contribution in [-0.2, 0) is 81.3 Å². The van der Waals surface area contributed by atoms with Gasteiger partial charge in [-0.3, -0.25) is 62.3 Å². The van der Waals surface area contributed by atoms with Crippen LogP contribution < -0.4 is 64.6 Å². The number of amides is 12. The molecule has 0 aromatic carbocycles. The number of nitrogens with zero attached hydrogens (tertiary/aromatic N) is 1. The van der Waals surface area contributed by atoms with Crippen LogP contribution in [0.15, 0.2) is 0 Å². The minimum atomic E-state index is -1.82. The van der Waals surface area contributed by atoms with Gasteiger partial charge in [-0.25, -0.2) is 0 Å². The topological polar surface area (TPSA) is 515 Å². The fourth-order valence-corrected chi connectivity index (χ4v) is 8.83. The summed E-state index contributed by atoms with van der Waals surface area (Å²) in [4.78, 5) is 164. The van der Waals surface area contributed by atoms with Crippen LogP contribution >= 0.6 is 0 Å². The van der Waals surface area contributed by atoms with E-state index in [4.69, 9.17) is 35.5 Å². The number of carboxylic acids is 1. The number of aliphatic carboxylic acids is 1. The highest BCUT2D eigenvalue weighted by Crippen LogP contribution is 2.15. The van der Waals surface area contributed by atoms with Crippen LogP contribution in [0.1, 0.15) is 148 Å². The molecular formula is C60H109N13O21. The van der Waals surface area contributed by atoms with Gasteiger partial charge in [0.2, 0.25) is 70.9 Å². The lowest BCUT2D eigenvalue weighted by Gasteiger charge is -2.27. The van der Waals surface area contributed by atoms with Crippen LogP contribution in [-0.4, -0.2) is 258 Å². The minimum absolute atomic E-state index is 0.00895. The summed E-state index contributed by atoms with van der Waals surface area (Å²) in [6, 6.07) is -9.66. The first kappa shape index (κ1) is 86.8. The zero-order valence-electron chi connectivity index (χ0n) is 55.2. The maximum absolute atomic E-state index is 13.7. The standard InChI is InChI=1S/C60H109N13O21/c1-63-55(85)45(37-74)71-56(86)42(22-24-48(61)77)68-58(88)44(26-29-73(2)3)70-60(90)47(39-76)72-57(87)43(23-25-49(62)78)69-59(89)46(38-75)67-51(80)36-66-53(82)41-94-35-33-92-31-28-65-52(81)40-93-34-32-91-30-27-64-50(79)20-18-16-14-12-10-8-6-4-5-7-9-11-13-15-17-19-21-54(83)84/h42-47,74-76H,4-41H2,1-3H3,(H2,61,77)(H2,62,78)(H,63,85)(H,64,79)(H,65,81)(H,66,82)(H,67,80)(H,68,88)(H,69,89)(H,70,90)(H,71,86)(H,72,87)(H,83,84)/t42-,43-,44-,45-,46+,47-/m0/s1. The summed E-state index contributed by atoms with van der Waals surface area (Å²) in [6.45, 7) is -2.81. The summed E-state index contributed by atoms with van der Waals surface area (Å²) in [5.74, 6) is -10.8. The van der Waals surface area contributed by atoms with E-state index < -0.39 is 154 Å². The number of rotatable bonds is 61. The summed E-state index contributed by atoms with van der Waals surface area (Å²) in [5.41, 5.74) is 10.5. The van der Waals surface area contributed by atoms with Crippen molar-refractivity contribution in [2.45, 2.75) is 184 Å². The Balaban J connectivity index is 4.60. The van der Waals surface area contributed by atoms with Crippen molar-refractivity contribution in [3.05, 3.63) is 0 Å². The number of carbonyl (C=O) groups excluding carboxylic acids is 12. The van der Waals surface area contributed by atoms with E-state index in [1.807, 2.05) is 0 Å². The zero-order chi connectivity index (χ0) is 70.3. The average Bonchev–Trinajstić information content (AvgIpc) is 1.68. The number of carboxylic acid groups (broad SMARTS) is 1. The molecule has 12 amide bonds. The second-order valence-electron chi connectivity index (χ2n) is 22.5.